The van der Waals surface area contributed by atoms with Gasteiger partial charge in [-0.05, 0) is 19.9 Å². The summed E-state index contributed by atoms with van der Waals surface area (Å²) in [7, 11) is 0. The van der Waals surface area contributed by atoms with Crippen LogP contribution in [0, 0.1) is 13.8 Å². The number of hydrogen-bond acceptors (Lipinski definition) is 4. The van der Waals surface area contributed by atoms with E-state index in [9.17, 15) is 4.79 Å². The minimum atomic E-state index is -0.834. The summed E-state index contributed by atoms with van der Waals surface area (Å²) in [6, 6.07) is 1.78. The molecule has 0 amide bonds. The van der Waals surface area contributed by atoms with Crippen LogP contribution in [0.1, 0.15) is 11.5 Å². The number of rotatable bonds is 3. The van der Waals surface area contributed by atoms with Gasteiger partial charge in [0.2, 0.25) is 0 Å². The summed E-state index contributed by atoms with van der Waals surface area (Å²) in [6.45, 7) is 3.65. The molecule has 1 N–H and O–H groups in total. The number of aryl methyl sites for hydroxylation is 2. The Kier molecular flexibility index (Phi) is 3.25. The van der Waals surface area contributed by atoms with Crippen LogP contribution in [-0.4, -0.2) is 26.8 Å². The van der Waals surface area contributed by atoms with E-state index in [0.29, 0.717) is 10.9 Å². The van der Waals surface area contributed by atoms with Gasteiger partial charge in [0.15, 0.2) is 0 Å². The average molecular weight is 198 g/mol. The van der Waals surface area contributed by atoms with Crippen molar-refractivity contribution >= 4 is 17.7 Å². The Balaban J connectivity index is 2.71. The number of carbonyl (C=O) groups is 1. The molecule has 1 heterocycles. The quantitative estimate of drug-likeness (QED) is 0.585. The lowest BCUT2D eigenvalue weighted by Gasteiger charge is -2.00. The first-order valence-corrected chi connectivity index (χ1v) is 4.73. The fraction of sp³-hybridized carbons (Fsp3) is 0.375. The van der Waals surface area contributed by atoms with Crippen LogP contribution in [0.3, 0.4) is 0 Å². The predicted molar refractivity (Wildman–Crippen MR) is 49.9 cm³/mol. The molecular formula is C8H10N2O2S. The van der Waals surface area contributed by atoms with Crippen molar-refractivity contribution in [2.24, 2.45) is 0 Å². The molecule has 1 rings (SSSR count). The number of carboxylic acids is 1. The lowest BCUT2D eigenvalue weighted by Crippen LogP contribution is -1.99. The molecule has 4 nitrogen and oxygen atoms in total. The van der Waals surface area contributed by atoms with Gasteiger partial charge in [0.05, 0.1) is 5.75 Å². The predicted octanol–water partition coefficient (Wildman–Crippen LogP) is 1.27. The number of carboxylic acid groups (broad SMARTS) is 1. The zero-order chi connectivity index (χ0) is 9.84. The van der Waals surface area contributed by atoms with Gasteiger partial charge in [0.25, 0.3) is 0 Å². The fourth-order valence-corrected chi connectivity index (χ4v) is 1.61. The first kappa shape index (κ1) is 9.98. The number of aliphatic carboxylic acids is 1. The maximum atomic E-state index is 10.3. The van der Waals surface area contributed by atoms with Crippen LogP contribution in [0.5, 0.6) is 0 Å². The molecule has 0 aliphatic rings. The van der Waals surface area contributed by atoms with E-state index < -0.39 is 5.97 Å². The van der Waals surface area contributed by atoms with E-state index in [0.717, 1.165) is 5.69 Å². The van der Waals surface area contributed by atoms with Crippen LogP contribution >= 0.6 is 11.8 Å². The maximum absolute atomic E-state index is 10.3. The second-order valence-corrected chi connectivity index (χ2v) is 3.57. The molecule has 0 aliphatic carbocycles. The van der Waals surface area contributed by atoms with Crippen molar-refractivity contribution < 1.29 is 9.90 Å². The van der Waals surface area contributed by atoms with Crippen LogP contribution in [0.15, 0.2) is 11.1 Å². The van der Waals surface area contributed by atoms with E-state index in [-0.39, 0.29) is 5.75 Å². The standard InChI is InChI=1S/C8H10N2O2S/c1-5-3-7(10-6(2)9-5)13-4-8(11)12/h3H,4H2,1-2H3,(H,11,12). The molecule has 70 valence electrons. The molecule has 0 saturated heterocycles. The Morgan fingerprint density at radius 3 is 2.77 bits per heavy atom. The zero-order valence-electron chi connectivity index (χ0n) is 7.44. The zero-order valence-corrected chi connectivity index (χ0v) is 8.26. The summed E-state index contributed by atoms with van der Waals surface area (Å²) in [5, 5.41) is 9.16. The van der Waals surface area contributed by atoms with Crippen molar-refractivity contribution in [2.45, 2.75) is 18.9 Å². The average Bonchev–Trinajstić information content (AvgIpc) is 1.99. The third-order valence-electron chi connectivity index (χ3n) is 1.29. The third kappa shape index (κ3) is 3.42. The topological polar surface area (TPSA) is 63.1 Å². The second kappa shape index (κ2) is 4.23. The number of aromatic nitrogens is 2. The molecule has 0 spiro atoms. The third-order valence-corrected chi connectivity index (χ3v) is 2.18. The molecule has 1 aromatic heterocycles. The first-order chi connectivity index (χ1) is 6.08. The molecule has 0 radical (unpaired) electrons. The summed E-state index contributed by atoms with van der Waals surface area (Å²) < 4.78 is 0. The van der Waals surface area contributed by atoms with Gasteiger partial charge in [-0.3, -0.25) is 4.79 Å². The molecule has 13 heavy (non-hydrogen) atoms. The summed E-state index contributed by atoms with van der Waals surface area (Å²) in [6.07, 6.45) is 0. The van der Waals surface area contributed by atoms with Gasteiger partial charge < -0.3 is 5.11 Å². The summed E-state index contributed by atoms with van der Waals surface area (Å²) in [5.74, 6) is -0.123. The van der Waals surface area contributed by atoms with E-state index in [1.54, 1.807) is 13.0 Å². The van der Waals surface area contributed by atoms with Crippen LogP contribution in [0.25, 0.3) is 0 Å². The minimum Gasteiger partial charge on any atom is -0.481 e. The van der Waals surface area contributed by atoms with E-state index >= 15 is 0 Å². The van der Waals surface area contributed by atoms with Crippen molar-refractivity contribution in [3.8, 4) is 0 Å². The molecule has 1 aromatic rings. The highest BCUT2D eigenvalue weighted by atomic mass is 32.2. The number of thioether (sulfide) groups is 1. The fourth-order valence-electron chi connectivity index (χ4n) is 0.893. The van der Waals surface area contributed by atoms with E-state index in [1.807, 2.05) is 6.92 Å². The highest BCUT2D eigenvalue weighted by molar-refractivity contribution is 7.99. The van der Waals surface area contributed by atoms with Crippen molar-refractivity contribution in [3.05, 3.63) is 17.6 Å². The minimum absolute atomic E-state index is 0.0376. The Morgan fingerprint density at radius 2 is 2.23 bits per heavy atom. The number of nitrogens with zero attached hydrogens (tertiary/aromatic N) is 2. The van der Waals surface area contributed by atoms with Crippen molar-refractivity contribution in [2.75, 3.05) is 5.75 Å². The highest BCUT2D eigenvalue weighted by Gasteiger charge is 2.02. The molecule has 0 atom stereocenters. The molecule has 0 aliphatic heterocycles. The second-order valence-electron chi connectivity index (χ2n) is 2.58. The van der Waals surface area contributed by atoms with Crippen LogP contribution < -0.4 is 0 Å². The molecular weight excluding hydrogens is 188 g/mol. The van der Waals surface area contributed by atoms with Crippen LogP contribution in [-0.2, 0) is 4.79 Å². The largest absolute Gasteiger partial charge is 0.481 e. The molecule has 0 bridgehead atoms. The Bertz CT molecular complexity index is 308. The van der Waals surface area contributed by atoms with Gasteiger partial charge >= 0.3 is 5.97 Å². The Morgan fingerprint density at radius 1 is 1.54 bits per heavy atom. The molecule has 0 aromatic carbocycles. The normalized spacial score (nSPS) is 10.0. The molecule has 0 fully saturated rings. The van der Waals surface area contributed by atoms with Gasteiger partial charge in [0.1, 0.15) is 10.9 Å². The van der Waals surface area contributed by atoms with E-state index in [1.165, 1.54) is 11.8 Å². The van der Waals surface area contributed by atoms with Gasteiger partial charge in [-0.25, -0.2) is 9.97 Å². The summed E-state index contributed by atoms with van der Waals surface area (Å²) in [5.41, 5.74) is 0.861. The smallest absolute Gasteiger partial charge is 0.313 e. The van der Waals surface area contributed by atoms with E-state index in [4.69, 9.17) is 5.11 Å². The molecule has 0 saturated carbocycles. The lowest BCUT2D eigenvalue weighted by molar-refractivity contribution is -0.133. The Hall–Kier alpha value is -1.10. The van der Waals surface area contributed by atoms with Crippen LogP contribution in [0.2, 0.25) is 0 Å². The first-order valence-electron chi connectivity index (χ1n) is 3.75. The van der Waals surface area contributed by atoms with Crippen molar-refractivity contribution in [1.82, 2.24) is 9.97 Å². The Labute approximate surface area is 80.4 Å². The SMILES string of the molecule is Cc1cc(SCC(=O)O)nc(C)n1. The lowest BCUT2D eigenvalue weighted by atomic mass is 10.4. The van der Waals surface area contributed by atoms with E-state index in [2.05, 4.69) is 9.97 Å². The summed E-state index contributed by atoms with van der Waals surface area (Å²) >= 11 is 1.21. The van der Waals surface area contributed by atoms with Gasteiger partial charge in [-0.1, -0.05) is 11.8 Å². The molecule has 0 unspecified atom stereocenters. The highest BCUT2D eigenvalue weighted by Crippen LogP contribution is 2.15. The number of hydrogen-bond donors (Lipinski definition) is 1. The summed E-state index contributed by atoms with van der Waals surface area (Å²) in [4.78, 5) is 18.5. The van der Waals surface area contributed by atoms with Gasteiger partial charge in [0, 0.05) is 5.69 Å². The maximum Gasteiger partial charge on any atom is 0.313 e. The monoisotopic (exact) mass is 198 g/mol. The van der Waals surface area contributed by atoms with Crippen LogP contribution in [0.4, 0.5) is 0 Å². The van der Waals surface area contributed by atoms with Crippen molar-refractivity contribution in [3.63, 3.8) is 0 Å². The van der Waals surface area contributed by atoms with Crippen molar-refractivity contribution in [1.29, 1.82) is 0 Å². The van der Waals surface area contributed by atoms with Gasteiger partial charge in [-0.15, -0.1) is 0 Å². The molecule has 5 heteroatoms. The van der Waals surface area contributed by atoms with Gasteiger partial charge in [-0.2, -0.15) is 0 Å².